The fourth-order valence-corrected chi connectivity index (χ4v) is 2.62. The van der Waals surface area contributed by atoms with E-state index in [4.69, 9.17) is 0 Å². The molecule has 0 N–H and O–H groups in total. The normalized spacial score (nSPS) is 14.9. The molecule has 0 bridgehead atoms. The van der Waals surface area contributed by atoms with Gasteiger partial charge in [0.15, 0.2) is 5.16 Å². The third kappa shape index (κ3) is 3.00. The van der Waals surface area contributed by atoms with E-state index < -0.39 is 0 Å². The van der Waals surface area contributed by atoms with E-state index in [9.17, 15) is 4.79 Å². The Morgan fingerprint density at radius 1 is 1.53 bits per heavy atom. The molecule has 1 saturated carbocycles. The highest BCUT2D eigenvalue weighted by Gasteiger charge is 2.26. The van der Waals surface area contributed by atoms with Crippen LogP contribution in [-0.2, 0) is 4.79 Å². The molecular formula is C11H18N4OS. The highest BCUT2D eigenvalue weighted by Crippen LogP contribution is 2.37. The number of nitrogens with zero attached hydrogens (tertiary/aromatic N) is 4. The van der Waals surface area contributed by atoms with Gasteiger partial charge in [-0.2, -0.15) is 0 Å². The average Bonchev–Trinajstić information content (AvgIpc) is 3.07. The molecular weight excluding hydrogens is 236 g/mol. The predicted octanol–water partition coefficient (Wildman–Crippen LogP) is 1.57. The molecule has 0 saturated heterocycles. The average molecular weight is 254 g/mol. The molecule has 1 aliphatic carbocycles. The summed E-state index contributed by atoms with van der Waals surface area (Å²) >= 11 is 1.49. The SMILES string of the molecule is CCN(CC)C(=O)CSc1nncn1C1CC1. The second-order valence-corrected chi connectivity index (χ2v) is 5.05. The lowest BCUT2D eigenvalue weighted by Crippen LogP contribution is -2.31. The minimum absolute atomic E-state index is 0.172. The number of amides is 1. The number of hydrogen-bond donors (Lipinski definition) is 0. The van der Waals surface area contributed by atoms with Gasteiger partial charge in [-0.3, -0.25) is 4.79 Å². The fourth-order valence-electron chi connectivity index (χ4n) is 1.73. The molecule has 17 heavy (non-hydrogen) atoms. The van der Waals surface area contributed by atoms with Crippen molar-refractivity contribution < 1.29 is 4.79 Å². The zero-order valence-corrected chi connectivity index (χ0v) is 11.1. The van der Waals surface area contributed by atoms with Gasteiger partial charge in [0.1, 0.15) is 6.33 Å². The van der Waals surface area contributed by atoms with E-state index >= 15 is 0 Å². The number of aromatic nitrogens is 3. The second-order valence-electron chi connectivity index (χ2n) is 4.11. The van der Waals surface area contributed by atoms with Gasteiger partial charge in [-0.15, -0.1) is 10.2 Å². The topological polar surface area (TPSA) is 51.0 Å². The summed E-state index contributed by atoms with van der Waals surface area (Å²) in [4.78, 5) is 13.7. The first kappa shape index (κ1) is 12.4. The van der Waals surface area contributed by atoms with Crippen molar-refractivity contribution in [3.05, 3.63) is 6.33 Å². The quantitative estimate of drug-likeness (QED) is 0.723. The summed E-state index contributed by atoms with van der Waals surface area (Å²) in [7, 11) is 0. The Labute approximate surface area is 106 Å². The minimum atomic E-state index is 0.172. The van der Waals surface area contributed by atoms with E-state index in [1.807, 2.05) is 18.7 Å². The summed E-state index contributed by atoms with van der Waals surface area (Å²) in [6, 6.07) is 0.566. The van der Waals surface area contributed by atoms with Crippen LogP contribution in [0.4, 0.5) is 0 Å². The van der Waals surface area contributed by atoms with E-state index in [0.29, 0.717) is 11.8 Å². The van der Waals surface area contributed by atoms with Crippen molar-refractivity contribution in [2.45, 2.75) is 37.9 Å². The summed E-state index contributed by atoms with van der Waals surface area (Å²) < 4.78 is 2.08. The maximum atomic E-state index is 11.8. The van der Waals surface area contributed by atoms with Crippen LogP contribution in [0.25, 0.3) is 0 Å². The maximum Gasteiger partial charge on any atom is 0.233 e. The lowest BCUT2D eigenvalue weighted by molar-refractivity contribution is -0.127. The largest absolute Gasteiger partial charge is 0.343 e. The van der Waals surface area contributed by atoms with Crippen molar-refractivity contribution in [2.75, 3.05) is 18.8 Å². The van der Waals surface area contributed by atoms with Gasteiger partial charge in [-0.1, -0.05) is 11.8 Å². The van der Waals surface area contributed by atoms with Gasteiger partial charge in [0.25, 0.3) is 0 Å². The molecule has 0 spiro atoms. The van der Waals surface area contributed by atoms with Crippen molar-refractivity contribution in [1.29, 1.82) is 0 Å². The maximum absolute atomic E-state index is 11.8. The second kappa shape index (κ2) is 5.53. The molecule has 1 aliphatic rings. The highest BCUT2D eigenvalue weighted by atomic mass is 32.2. The third-order valence-corrected chi connectivity index (χ3v) is 3.86. The summed E-state index contributed by atoms with van der Waals surface area (Å²) in [5, 5.41) is 8.85. The number of carbonyl (C=O) groups is 1. The molecule has 94 valence electrons. The molecule has 0 atom stereocenters. The lowest BCUT2D eigenvalue weighted by Gasteiger charge is -2.17. The van der Waals surface area contributed by atoms with Crippen LogP contribution in [0, 0.1) is 0 Å². The van der Waals surface area contributed by atoms with Crippen molar-refractivity contribution in [3.8, 4) is 0 Å². The van der Waals surface area contributed by atoms with Crippen LogP contribution in [0.15, 0.2) is 11.5 Å². The molecule has 1 aromatic rings. The van der Waals surface area contributed by atoms with Gasteiger partial charge in [0.05, 0.1) is 5.75 Å². The Morgan fingerprint density at radius 3 is 2.82 bits per heavy atom. The molecule has 1 amide bonds. The third-order valence-electron chi connectivity index (χ3n) is 2.92. The van der Waals surface area contributed by atoms with Crippen LogP contribution in [0.2, 0.25) is 0 Å². The van der Waals surface area contributed by atoms with Crippen molar-refractivity contribution in [3.63, 3.8) is 0 Å². The lowest BCUT2D eigenvalue weighted by atomic mass is 10.5. The van der Waals surface area contributed by atoms with Gasteiger partial charge in [0, 0.05) is 19.1 Å². The minimum Gasteiger partial charge on any atom is -0.343 e. The molecule has 0 radical (unpaired) electrons. The highest BCUT2D eigenvalue weighted by molar-refractivity contribution is 7.99. The van der Waals surface area contributed by atoms with Crippen molar-refractivity contribution in [2.24, 2.45) is 0 Å². The molecule has 1 fully saturated rings. The van der Waals surface area contributed by atoms with Gasteiger partial charge in [-0.25, -0.2) is 0 Å². The van der Waals surface area contributed by atoms with Gasteiger partial charge in [-0.05, 0) is 26.7 Å². The molecule has 1 aromatic heterocycles. The van der Waals surface area contributed by atoms with Crippen molar-refractivity contribution in [1.82, 2.24) is 19.7 Å². The van der Waals surface area contributed by atoms with E-state index in [1.165, 1.54) is 24.6 Å². The van der Waals surface area contributed by atoms with Crippen LogP contribution in [-0.4, -0.2) is 44.4 Å². The van der Waals surface area contributed by atoms with E-state index in [2.05, 4.69) is 14.8 Å². The van der Waals surface area contributed by atoms with Gasteiger partial charge >= 0.3 is 0 Å². The zero-order valence-electron chi connectivity index (χ0n) is 10.3. The molecule has 0 aliphatic heterocycles. The van der Waals surface area contributed by atoms with Crippen LogP contribution in [0.5, 0.6) is 0 Å². The predicted molar refractivity (Wildman–Crippen MR) is 66.9 cm³/mol. The van der Waals surface area contributed by atoms with E-state index in [-0.39, 0.29) is 5.91 Å². The number of hydrogen-bond acceptors (Lipinski definition) is 4. The molecule has 2 rings (SSSR count). The standard InChI is InChI=1S/C11H18N4OS/c1-3-14(4-2)10(16)7-17-11-13-12-8-15(11)9-5-6-9/h8-9H,3-7H2,1-2H3. The van der Waals surface area contributed by atoms with Crippen LogP contribution >= 0.6 is 11.8 Å². The monoisotopic (exact) mass is 254 g/mol. The first-order valence-corrected chi connectivity index (χ1v) is 7.04. The number of thioether (sulfide) groups is 1. The van der Waals surface area contributed by atoms with Gasteiger partial charge in [0.2, 0.25) is 5.91 Å². The number of carbonyl (C=O) groups excluding carboxylic acids is 1. The van der Waals surface area contributed by atoms with Crippen LogP contribution in [0.1, 0.15) is 32.7 Å². The summed E-state index contributed by atoms with van der Waals surface area (Å²) in [5.41, 5.74) is 0. The molecule has 1 heterocycles. The van der Waals surface area contributed by atoms with Gasteiger partial charge < -0.3 is 9.47 Å². The summed E-state index contributed by atoms with van der Waals surface area (Å²) in [6.07, 6.45) is 4.17. The molecule has 6 heteroatoms. The summed E-state index contributed by atoms with van der Waals surface area (Å²) in [6.45, 7) is 5.54. The Balaban J connectivity index is 1.88. The summed E-state index contributed by atoms with van der Waals surface area (Å²) in [5.74, 6) is 0.623. The first-order chi connectivity index (χ1) is 8.26. The Morgan fingerprint density at radius 2 is 2.24 bits per heavy atom. The Bertz CT molecular complexity index is 385. The smallest absolute Gasteiger partial charge is 0.233 e. The Hall–Kier alpha value is -1.04. The molecule has 5 nitrogen and oxygen atoms in total. The molecule has 0 aromatic carbocycles. The van der Waals surface area contributed by atoms with Crippen LogP contribution < -0.4 is 0 Å². The van der Waals surface area contributed by atoms with Crippen molar-refractivity contribution >= 4 is 17.7 Å². The molecule has 0 unspecified atom stereocenters. The van der Waals surface area contributed by atoms with Crippen LogP contribution in [0.3, 0.4) is 0 Å². The first-order valence-electron chi connectivity index (χ1n) is 6.06. The van der Waals surface area contributed by atoms with E-state index in [0.717, 1.165) is 18.2 Å². The zero-order chi connectivity index (χ0) is 12.3. The fraction of sp³-hybridized carbons (Fsp3) is 0.727. The Kier molecular flexibility index (Phi) is 4.04. The number of rotatable bonds is 6. The van der Waals surface area contributed by atoms with E-state index in [1.54, 1.807) is 6.33 Å².